The maximum atomic E-state index is 13.6. The number of alkyl halides is 1. The monoisotopic (exact) mass is 226 g/mol. The van der Waals surface area contributed by atoms with Gasteiger partial charge < -0.3 is 15.4 Å². The summed E-state index contributed by atoms with van der Waals surface area (Å²) in [5, 5.41) is 0. The third-order valence-electron chi connectivity index (χ3n) is 2.73. The molecule has 1 aromatic rings. The molecule has 2 heterocycles. The van der Waals surface area contributed by atoms with Gasteiger partial charge in [0.25, 0.3) is 0 Å². The topological polar surface area (TPSA) is 64.3 Å². The van der Waals surface area contributed by atoms with E-state index in [1.807, 2.05) is 0 Å². The number of piperidine rings is 1. The van der Waals surface area contributed by atoms with E-state index in [9.17, 15) is 4.39 Å². The second kappa shape index (κ2) is 4.61. The van der Waals surface area contributed by atoms with Crippen LogP contribution in [0.25, 0.3) is 0 Å². The van der Waals surface area contributed by atoms with E-state index in [1.54, 1.807) is 17.2 Å². The standard InChI is InChI=1S/C10H15FN4O/c1-16-8-3-5-15(6-7(8)11)10-13-4-2-9(12)14-10/h2,4,7-8H,3,5-6H2,1H3,(H2,12,13,14)/t7?,8-/m1/s1. The van der Waals surface area contributed by atoms with Gasteiger partial charge in [-0.25, -0.2) is 9.37 Å². The third kappa shape index (κ3) is 2.21. The summed E-state index contributed by atoms with van der Waals surface area (Å²) >= 11 is 0. The maximum absolute atomic E-state index is 13.6. The Morgan fingerprint density at radius 2 is 2.44 bits per heavy atom. The van der Waals surface area contributed by atoms with Gasteiger partial charge in [0.2, 0.25) is 5.95 Å². The normalized spacial score (nSPS) is 25.8. The zero-order chi connectivity index (χ0) is 11.5. The number of nitrogen functional groups attached to an aromatic ring is 1. The Morgan fingerprint density at radius 1 is 1.62 bits per heavy atom. The minimum absolute atomic E-state index is 0.252. The molecule has 1 aliphatic heterocycles. The number of halogens is 1. The van der Waals surface area contributed by atoms with Crippen LogP contribution < -0.4 is 10.6 Å². The highest BCUT2D eigenvalue weighted by Crippen LogP contribution is 2.20. The molecule has 0 saturated carbocycles. The average Bonchev–Trinajstić information content (AvgIpc) is 2.29. The molecule has 0 amide bonds. The van der Waals surface area contributed by atoms with E-state index in [1.165, 1.54) is 7.11 Å². The molecule has 2 atom stereocenters. The molecule has 2 rings (SSSR count). The summed E-state index contributed by atoms with van der Waals surface area (Å²) in [6.07, 6.45) is 0.879. The number of methoxy groups -OCH3 is 1. The fourth-order valence-electron chi connectivity index (χ4n) is 1.84. The van der Waals surface area contributed by atoms with Gasteiger partial charge in [-0.2, -0.15) is 4.98 Å². The summed E-state index contributed by atoms with van der Waals surface area (Å²) in [7, 11) is 1.53. The van der Waals surface area contributed by atoms with Gasteiger partial charge in [-0.05, 0) is 12.5 Å². The van der Waals surface area contributed by atoms with Crippen LogP contribution in [0.5, 0.6) is 0 Å². The Hall–Kier alpha value is -1.43. The number of ether oxygens (including phenoxy) is 1. The molecule has 1 saturated heterocycles. The highest BCUT2D eigenvalue weighted by Gasteiger charge is 2.30. The molecule has 0 aromatic carbocycles. The highest BCUT2D eigenvalue weighted by atomic mass is 19.1. The molecular formula is C10H15FN4O. The minimum Gasteiger partial charge on any atom is -0.384 e. The van der Waals surface area contributed by atoms with Crippen molar-refractivity contribution in [2.75, 3.05) is 30.8 Å². The van der Waals surface area contributed by atoms with Gasteiger partial charge in [-0.3, -0.25) is 0 Å². The van der Waals surface area contributed by atoms with Crippen LogP contribution in [0.2, 0.25) is 0 Å². The van der Waals surface area contributed by atoms with Crippen LogP contribution >= 0.6 is 0 Å². The first-order chi connectivity index (χ1) is 7.70. The van der Waals surface area contributed by atoms with Gasteiger partial charge in [0.1, 0.15) is 12.0 Å². The predicted octanol–water partition coefficient (Wildman–Crippen LogP) is 0.622. The lowest BCUT2D eigenvalue weighted by Crippen LogP contribution is -2.46. The van der Waals surface area contributed by atoms with Crippen LogP contribution in [0.3, 0.4) is 0 Å². The van der Waals surface area contributed by atoms with Gasteiger partial charge in [0.05, 0.1) is 12.6 Å². The highest BCUT2D eigenvalue weighted by molar-refractivity contribution is 5.38. The zero-order valence-electron chi connectivity index (χ0n) is 9.14. The fraction of sp³-hybridized carbons (Fsp3) is 0.600. The average molecular weight is 226 g/mol. The summed E-state index contributed by atoms with van der Waals surface area (Å²) in [6.45, 7) is 0.935. The molecule has 0 bridgehead atoms. The Bertz CT molecular complexity index is 362. The van der Waals surface area contributed by atoms with Gasteiger partial charge in [-0.15, -0.1) is 0 Å². The molecule has 0 spiro atoms. The largest absolute Gasteiger partial charge is 0.384 e. The van der Waals surface area contributed by atoms with Crippen molar-refractivity contribution in [1.29, 1.82) is 0 Å². The van der Waals surface area contributed by atoms with E-state index in [0.717, 1.165) is 0 Å². The molecule has 6 heteroatoms. The second-order valence-electron chi connectivity index (χ2n) is 3.81. The van der Waals surface area contributed by atoms with Gasteiger partial charge in [0.15, 0.2) is 0 Å². The molecular weight excluding hydrogens is 211 g/mol. The first kappa shape index (κ1) is 11.1. The molecule has 0 aliphatic carbocycles. The Labute approximate surface area is 93.4 Å². The number of anilines is 2. The molecule has 16 heavy (non-hydrogen) atoms. The number of hydrogen-bond acceptors (Lipinski definition) is 5. The number of hydrogen-bond donors (Lipinski definition) is 1. The van der Waals surface area contributed by atoms with Crippen molar-refractivity contribution in [2.45, 2.75) is 18.7 Å². The summed E-state index contributed by atoms with van der Waals surface area (Å²) in [4.78, 5) is 9.93. The van der Waals surface area contributed by atoms with E-state index in [-0.39, 0.29) is 12.6 Å². The van der Waals surface area contributed by atoms with E-state index in [4.69, 9.17) is 10.5 Å². The van der Waals surface area contributed by atoms with E-state index in [2.05, 4.69) is 9.97 Å². The number of aromatic nitrogens is 2. The molecule has 1 aliphatic rings. The molecule has 5 nitrogen and oxygen atoms in total. The molecule has 88 valence electrons. The Morgan fingerprint density at radius 3 is 3.06 bits per heavy atom. The molecule has 1 aromatic heterocycles. The van der Waals surface area contributed by atoms with Gasteiger partial charge >= 0.3 is 0 Å². The van der Waals surface area contributed by atoms with Crippen LogP contribution in [0, 0.1) is 0 Å². The van der Waals surface area contributed by atoms with Crippen LogP contribution in [0.1, 0.15) is 6.42 Å². The predicted molar refractivity (Wildman–Crippen MR) is 59.0 cm³/mol. The SMILES string of the molecule is CO[C@@H]1CCN(c2nccc(N)n2)CC1F. The van der Waals surface area contributed by atoms with E-state index >= 15 is 0 Å². The zero-order valence-corrected chi connectivity index (χ0v) is 9.14. The maximum Gasteiger partial charge on any atom is 0.227 e. The molecule has 1 unspecified atom stereocenters. The number of nitrogens with zero attached hydrogens (tertiary/aromatic N) is 3. The fourth-order valence-corrected chi connectivity index (χ4v) is 1.84. The van der Waals surface area contributed by atoms with Crippen molar-refractivity contribution in [3.05, 3.63) is 12.3 Å². The van der Waals surface area contributed by atoms with E-state index < -0.39 is 6.17 Å². The van der Waals surface area contributed by atoms with Crippen molar-refractivity contribution in [3.8, 4) is 0 Å². The van der Waals surface area contributed by atoms with Gasteiger partial charge in [-0.1, -0.05) is 0 Å². The first-order valence-corrected chi connectivity index (χ1v) is 5.21. The van der Waals surface area contributed by atoms with Crippen molar-refractivity contribution < 1.29 is 9.13 Å². The third-order valence-corrected chi connectivity index (χ3v) is 2.73. The van der Waals surface area contributed by atoms with Gasteiger partial charge in [0, 0.05) is 19.9 Å². The smallest absolute Gasteiger partial charge is 0.227 e. The van der Waals surface area contributed by atoms with Crippen molar-refractivity contribution >= 4 is 11.8 Å². The summed E-state index contributed by atoms with van der Waals surface area (Å²) in [5.41, 5.74) is 5.56. The second-order valence-corrected chi connectivity index (χ2v) is 3.81. The molecule has 1 fully saturated rings. The van der Waals surface area contributed by atoms with Crippen LogP contribution in [-0.2, 0) is 4.74 Å². The van der Waals surface area contributed by atoms with Crippen molar-refractivity contribution in [2.24, 2.45) is 0 Å². The van der Waals surface area contributed by atoms with Crippen LogP contribution in [0.15, 0.2) is 12.3 Å². The summed E-state index contributed by atoms with van der Waals surface area (Å²) in [5.74, 6) is 0.881. The number of nitrogens with two attached hydrogens (primary N) is 1. The first-order valence-electron chi connectivity index (χ1n) is 5.21. The Kier molecular flexibility index (Phi) is 3.19. The Balaban J connectivity index is 2.07. The summed E-state index contributed by atoms with van der Waals surface area (Å²) in [6, 6.07) is 1.61. The van der Waals surface area contributed by atoms with Crippen LogP contribution in [0.4, 0.5) is 16.2 Å². The van der Waals surface area contributed by atoms with Crippen LogP contribution in [-0.4, -0.2) is 42.4 Å². The summed E-state index contributed by atoms with van der Waals surface area (Å²) < 4.78 is 18.7. The lowest BCUT2D eigenvalue weighted by Gasteiger charge is -2.33. The van der Waals surface area contributed by atoms with Crippen molar-refractivity contribution in [1.82, 2.24) is 9.97 Å². The van der Waals surface area contributed by atoms with E-state index in [0.29, 0.717) is 24.7 Å². The minimum atomic E-state index is -1.01. The molecule has 2 N–H and O–H groups in total. The quantitative estimate of drug-likeness (QED) is 0.801. The number of rotatable bonds is 2. The van der Waals surface area contributed by atoms with Crippen molar-refractivity contribution in [3.63, 3.8) is 0 Å². The molecule has 0 radical (unpaired) electrons. The lowest BCUT2D eigenvalue weighted by molar-refractivity contribution is 0.0194. The lowest BCUT2D eigenvalue weighted by atomic mass is 10.1.